The fraction of sp³-hybridized carbons (Fsp3) is 0.778. The van der Waals surface area contributed by atoms with Gasteiger partial charge in [0.15, 0.2) is 0 Å². The molecule has 3 saturated carbocycles. The smallest absolute Gasteiger partial charge is 0.306 e. The van der Waals surface area contributed by atoms with E-state index in [1.807, 2.05) is 0 Å². The van der Waals surface area contributed by atoms with Crippen LogP contribution in [0.2, 0.25) is 0 Å². The van der Waals surface area contributed by atoms with Gasteiger partial charge < -0.3 is 10.4 Å². The molecule has 0 amide bonds. The van der Waals surface area contributed by atoms with Crippen LogP contribution < -0.4 is 5.32 Å². The van der Waals surface area contributed by atoms with Gasteiger partial charge in [0.05, 0.1) is 16.6 Å². The zero-order valence-electron chi connectivity index (χ0n) is 14.0. The van der Waals surface area contributed by atoms with E-state index in [0.29, 0.717) is 22.8 Å². The molecular weight excluding hydrogens is 308 g/mol. The molecule has 0 radical (unpaired) electrons. The first-order valence-electron chi connectivity index (χ1n) is 8.79. The maximum absolute atomic E-state index is 11.0. The van der Waals surface area contributed by atoms with Gasteiger partial charge in [-0.1, -0.05) is 13.8 Å². The summed E-state index contributed by atoms with van der Waals surface area (Å²) in [7, 11) is 0. The number of carboxylic acids is 1. The van der Waals surface area contributed by atoms with Gasteiger partial charge >= 0.3 is 5.97 Å². The van der Waals surface area contributed by atoms with E-state index < -0.39 is 5.97 Å². The lowest BCUT2D eigenvalue weighted by molar-refractivity contribution is -0.187. The second-order valence-corrected chi connectivity index (χ2v) is 9.50. The van der Waals surface area contributed by atoms with Gasteiger partial charge in [-0.2, -0.15) is 0 Å². The third-order valence-electron chi connectivity index (χ3n) is 6.20. The molecule has 23 heavy (non-hydrogen) atoms. The maximum atomic E-state index is 11.0. The van der Waals surface area contributed by atoms with Crippen LogP contribution in [-0.2, 0) is 11.3 Å². The van der Waals surface area contributed by atoms with Crippen molar-refractivity contribution in [2.75, 3.05) is 0 Å². The molecule has 1 heterocycles. The molecule has 0 atom stereocenters. The van der Waals surface area contributed by atoms with Gasteiger partial charge in [-0.3, -0.25) is 4.79 Å². The Morgan fingerprint density at radius 2 is 2.00 bits per heavy atom. The van der Waals surface area contributed by atoms with Gasteiger partial charge in [0.25, 0.3) is 0 Å². The lowest BCUT2D eigenvalue weighted by Gasteiger charge is -2.68. The molecule has 5 heteroatoms. The van der Waals surface area contributed by atoms with Gasteiger partial charge in [0.1, 0.15) is 0 Å². The van der Waals surface area contributed by atoms with Crippen molar-refractivity contribution in [3.05, 3.63) is 16.1 Å². The normalized spacial score (nSPS) is 38.4. The van der Waals surface area contributed by atoms with E-state index >= 15 is 0 Å². The lowest BCUT2D eigenvalue weighted by Crippen LogP contribution is -2.62. The number of carbonyl (C=O) groups is 1. The molecule has 4 rings (SSSR count). The van der Waals surface area contributed by atoms with Crippen molar-refractivity contribution in [1.29, 1.82) is 0 Å². The van der Waals surface area contributed by atoms with E-state index in [1.54, 1.807) is 11.3 Å². The molecule has 1 aromatic rings. The molecule has 0 saturated heterocycles. The van der Waals surface area contributed by atoms with E-state index in [4.69, 9.17) is 5.11 Å². The number of aliphatic carboxylic acids is 1. The average Bonchev–Trinajstić information content (AvgIpc) is 2.81. The molecule has 126 valence electrons. The molecular formula is C18H26N2O2S. The Bertz CT molecular complexity index is 602. The summed E-state index contributed by atoms with van der Waals surface area (Å²) in [6.07, 6.45) is 6.95. The number of hydrogen-bond acceptors (Lipinski definition) is 4. The molecule has 0 bridgehead atoms. The minimum absolute atomic E-state index is 0.0545. The van der Waals surface area contributed by atoms with Gasteiger partial charge in [0, 0.05) is 23.9 Å². The molecule has 3 fully saturated rings. The van der Waals surface area contributed by atoms with Crippen LogP contribution in [0.5, 0.6) is 0 Å². The van der Waals surface area contributed by atoms with E-state index in [9.17, 15) is 4.79 Å². The average molecular weight is 334 g/mol. The molecule has 0 unspecified atom stereocenters. The Kier molecular flexibility index (Phi) is 3.58. The number of thiazole rings is 1. The Hall–Kier alpha value is -0.940. The maximum Gasteiger partial charge on any atom is 0.306 e. The van der Waals surface area contributed by atoms with Crippen LogP contribution in [0.3, 0.4) is 0 Å². The van der Waals surface area contributed by atoms with Crippen LogP contribution in [0.4, 0.5) is 0 Å². The van der Waals surface area contributed by atoms with Crippen molar-refractivity contribution < 1.29 is 9.90 Å². The van der Waals surface area contributed by atoms with Crippen LogP contribution in [0, 0.1) is 16.7 Å². The highest BCUT2D eigenvalue weighted by atomic mass is 32.1. The molecule has 2 spiro atoms. The molecule has 2 N–H and O–H groups in total. The van der Waals surface area contributed by atoms with Crippen molar-refractivity contribution in [2.45, 2.75) is 70.9 Å². The van der Waals surface area contributed by atoms with Crippen LogP contribution in [0.1, 0.15) is 69.0 Å². The van der Waals surface area contributed by atoms with Gasteiger partial charge in [-0.15, -0.1) is 11.3 Å². The van der Waals surface area contributed by atoms with Gasteiger partial charge in [-0.05, 0) is 49.4 Å². The predicted octanol–water partition coefficient (Wildman–Crippen LogP) is 3.78. The van der Waals surface area contributed by atoms with Crippen molar-refractivity contribution >= 4 is 17.3 Å². The molecule has 0 aromatic carbocycles. The van der Waals surface area contributed by atoms with Crippen molar-refractivity contribution in [1.82, 2.24) is 10.3 Å². The second-order valence-electron chi connectivity index (χ2n) is 8.61. The standard InChI is InChI=1S/C18H26N2O2S/c1-11(2)15-20-14(8-23-15)7-19-13-5-18(6-13)9-17(10-18)3-12(4-17)16(21)22/h8,11-13,19H,3-7,9-10H2,1-2H3,(H,21,22). The zero-order chi connectivity index (χ0) is 16.2. The fourth-order valence-electron chi connectivity index (χ4n) is 5.32. The monoisotopic (exact) mass is 334 g/mol. The minimum Gasteiger partial charge on any atom is -0.481 e. The largest absolute Gasteiger partial charge is 0.481 e. The minimum atomic E-state index is -0.589. The quantitative estimate of drug-likeness (QED) is 0.860. The Morgan fingerprint density at radius 3 is 2.57 bits per heavy atom. The molecule has 1 aromatic heterocycles. The number of aromatic nitrogens is 1. The summed E-state index contributed by atoms with van der Waals surface area (Å²) in [5.74, 6) is -0.126. The van der Waals surface area contributed by atoms with E-state index in [-0.39, 0.29) is 5.92 Å². The summed E-state index contributed by atoms with van der Waals surface area (Å²) in [6, 6.07) is 0.631. The highest BCUT2D eigenvalue weighted by molar-refractivity contribution is 7.09. The number of rotatable bonds is 5. The Labute approximate surface area is 141 Å². The molecule has 3 aliphatic rings. The Balaban J connectivity index is 1.19. The number of carboxylic acid groups (broad SMARTS) is 1. The van der Waals surface area contributed by atoms with E-state index in [2.05, 4.69) is 29.5 Å². The summed E-state index contributed by atoms with van der Waals surface area (Å²) >= 11 is 1.76. The van der Waals surface area contributed by atoms with Crippen LogP contribution >= 0.6 is 11.3 Å². The highest BCUT2D eigenvalue weighted by Gasteiger charge is 2.64. The topological polar surface area (TPSA) is 62.2 Å². The fourth-order valence-corrected chi connectivity index (χ4v) is 6.16. The first-order chi connectivity index (χ1) is 10.9. The van der Waals surface area contributed by atoms with Crippen molar-refractivity contribution in [3.63, 3.8) is 0 Å². The van der Waals surface area contributed by atoms with E-state index in [1.165, 1.54) is 36.4 Å². The van der Waals surface area contributed by atoms with Crippen LogP contribution in [0.15, 0.2) is 5.38 Å². The second kappa shape index (κ2) is 5.28. The number of nitrogens with zero attached hydrogens (tertiary/aromatic N) is 1. The molecule has 0 aliphatic heterocycles. The number of hydrogen-bond donors (Lipinski definition) is 2. The summed E-state index contributed by atoms with van der Waals surface area (Å²) in [5, 5.41) is 16.1. The highest BCUT2D eigenvalue weighted by Crippen LogP contribution is 2.72. The van der Waals surface area contributed by atoms with Crippen molar-refractivity contribution in [3.8, 4) is 0 Å². The molecule has 3 aliphatic carbocycles. The third-order valence-corrected chi connectivity index (χ3v) is 7.40. The van der Waals surface area contributed by atoms with Gasteiger partial charge in [0.2, 0.25) is 0 Å². The first kappa shape index (κ1) is 15.6. The summed E-state index contributed by atoms with van der Waals surface area (Å²) in [5.41, 5.74) is 2.13. The zero-order valence-corrected chi connectivity index (χ0v) is 14.8. The van der Waals surface area contributed by atoms with E-state index in [0.717, 1.165) is 19.4 Å². The first-order valence-corrected chi connectivity index (χ1v) is 9.67. The predicted molar refractivity (Wildman–Crippen MR) is 90.5 cm³/mol. The summed E-state index contributed by atoms with van der Waals surface area (Å²) in [6.45, 7) is 5.26. The summed E-state index contributed by atoms with van der Waals surface area (Å²) < 4.78 is 0. The number of nitrogens with one attached hydrogen (secondary N) is 1. The SMILES string of the molecule is CC(C)c1nc(CNC2CC3(C2)CC2(CC(C(=O)O)C2)C3)cs1. The lowest BCUT2D eigenvalue weighted by atomic mass is 9.37. The van der Waals surface area contributed by atoms with Crippen LogP contribution in [-0.4, -0.2) is 22.1 Å². The van der Waals surface area contributed by atoms with Crippen LogP contribution in [0.25, 0.3) is 0 Å². The summed E-state index contributed by atoms with van der Waals surface area (Å²) in [4.78, 5) is 15.6. The van der Waals surface area contributed by atoms with Crippen molar-refractivity contribution in [2.24, 2.45) is 16.7 Å². The van der Waals surface area contributed by atoms with Gasteiger partial charge in [-0.25, -0.2) is 4.98 Å². The third kappa shape index (κ3) is 2.72. The molecule has 4 nitrogen and oxygen atoms in total. The Morgan fingerprint density at radius 1 is 1.35 bits per heavy atom.